The van der Waals surface area contributed by atoms with E-state index < -0.39 is 6.61 Å². The van der Waals surface area contributed by atoms with E-state index in [1.54, 1.807) is 6.07 Å². The van der Waals surface area contributed by atoms with Gasteiger partial charge < -0.3 is 10.1 Å². The molecular formula is C11H12ClF2N5O. The molecule has 0 aliphatic rings. The third-order valence-corrected chi connectivity index (χ3v) is 2.82. The number of nitrogens with one attached hydrogen (secondary N) is 2. The van der Waals surface area contributed by atoms with Crippen molar-refractivity contribution in [2.45, 2.75) is 26.1 Å². The molecule has 0 spiro atoms. The van der Waals surface area contributed by atoms with Crippen molar-refractivity contribution >= 4 is 11.6 Å². The van der Waals surface area contributed by atoms with Gasteiger partial charge in [-0.3, -0.25) is 0 Å². The monoisotopic (exact) mass is 303 g/mol. The number of tetrazole rings is 1. The number of nitrogens with zero attached hydrogens (tertiary/aromatic N) is 3. The summed E-state index contributed by atoms with van der Waals surface area (Å²) in [6.45, 7) is -0.786. The van der Waals surface area contributed by atoms with Crippen LogP contribution in [0, 0.1) is 0 Å². The summed E-state index contributed by atoms with van der Waals surface area (Å²) in [4.78, 5) is 0. The van der Waals surface area contributed by atoms with Gasteiger partial charge in [0.05, 0.1) is 6.04 Å². The molecule has 0 radical (unpaired) electrons. The highest BCUT2D eigenvalue weighted by Gasteiger charge is 2.13. The number of benzene rings is 1. The molecule has 1 aromatic heterocycles. The third-order valence-electron chi connectivity index (χ3n) is 2.59. The van der Waals surface area contributed by atoms with E-state index in [9.17, 15) is 8.78 Å². The summed E-state index contributed by atoms with van der Waals surface area (Å²) >= 11 is 5.86. The molecule has 0 saturated heterocycles. The average Bonchev–Trinajstić information content (AvgIpc) is 2.92. The zero-order valence-electron chi connectivity index (χ0n) is 10.5. The first-order valence-electron chi connectivity index (χ1n) is 5.76. The van der Waals surface area contributed by atoms with Crippen LogP contribution in [-0.2, 0) is 6.54 Å². The van der Waals surface area contributed by atoms with Crippen molar-refractivity contribution in [2.24, 2.45) is 0 Å². The van der Waals surface area contributed by atoms with E-state index >= 15 is 0 Å². The fraction of sp³-hybridized carbons (Fsp3) is 0.364. The number of hydrogen-bond acceptors (Lipinski definition) is 5. The normalized spacial score (nSPS) is 12.7. The summed E-state index contributed by atoms with van der Waals surface area (Å²) in [5.74, 6) is 0.556. The van der Waals surface area contributed by atoms with Crippen LogP contribution in [0.4, 0.5) is 8.78 Å². The molecular weight excluding hydrogens is 292 g/mol. The van der Waals surface area contributed by atoms with Gasteiger partial charge in [-0.1, -0.05) is 16.8 Å². The van der Waals surface area contributed by atoms with Crippen LogP contribution < -0.4 is 10.1 Å². The van der Waals surface area contributed by atoms with Gasteiger partial charge in [-0.2, -0.15) is 14.0 Å². The lowest BCUT2D eigenvalue weighted by Crippen LogP contribution is -2.20. The van der Waals surface area contributed by atoms with Crippen molar-refractivity contribution in [2.75, 3.05) is 0 Å². The molecule has 0 fully saturated rings. The zero-order valence-corrected chi connectivity index (χ0v) is 11.2. The Kier molecular flexibility index (Phi) is 4.80. The minimum absolute atomic E-state index is 0.0808. The Hall–Kier alpha value is -1.80. The molecule has 0 amide bonds. The molecule has 20 heavy (non-hydrogen) atoms. The number of halogens is 3. The van der Waals surface area contributed by atoms with E-state index in [2.05, 4.69) is 30.7 Å². The summed E-state index contributed by atoms with van der Waals surface area (Å²) in [6, 6.07) is 4.26. The summed E-state index contributed by atoms with van der Waals surface area (Å²) in [5, 5.41) is 17.0. The molecule has 1 atom stereocenters. The van der Waals surface area contributed by atoms with Crippen molar-refractivity contribution < 1.29 is 13.5 Å². The van der Waals surface area contributed by atoms with E-state index in [0.717, 1.165) is 0 Å². The fourth-order valence-electron chi connectivity index (χ4n) is 1.60. The Morgan fingerprint density at radius 1 is 1.45 bits per heavy atom. The number of H-pyrrole nitrogens is 1. The number of ether oxygens (including phenoxy) is 1. The minimum Gasteiger partial charge on any atom is -0.434 e. The molecule has 2 aromatic rings. The van der Waals surface area contributed by atoms with Gasteiger partial charge in [0.25, 0.3) is 0 Å². The van der Waals surface area contributed by atoms with E-state index in [0.29, 0.717) is 16.4 Å². The van der Waals surface area contributed by atoms with Crippen molar-refractivity contribution in [3.63, 3.8) is 0 Å². The zero-order chi connectivity index (χ0) is 14.5. The summed E-state index contributed by atoms with van der Waals surface area (Å²) in [5.41, 5.74) is 0.521. The number of alkyl halides is 2. The lowest BCUT2D eigenvalue weighted by atomic mass is 10.2. The van der Waals surface area contributed by atoms with Gasteiger partial charge in [-0.05, 0) is 25.1 Å². The maximum Gasteiger partial charge on any atom is 0.387 e. The molecule has 0 aliphatic heterocycles. The van der Waals surface area contributed by atoms with Crippen LogP contribution in [0.2, 0.25) is 5.02 Å². The highest BCUT2D eigenvalue weighted by molar-refractivity contribution is 6.30. The lowest BCUT2D eigenvalue weighted by Gasteiger charge is -2.14. The SMILES string of the molecule is CC(NCc1cc(Cl)ccc1OC(F)F)c1nn[nH]n1. The Morgan fingerprint density at radius 3 is 2.90 bits per heavy atom. The molecule has 1 heterocycles. The molecule has 0 saturated carbocycles. The van der Waals surface area contributed by atoms with Gasteiger partial charge in [0.1, 0.15) is 5.75 Å². The largest absolute Gasteiger partial charge is 0.434 e. The molecule has 1 aromatic carbocycles. The maximum atomic E-state index is 12.3. The van der Waals surface area contributed by atoms with Crippen molar-refractivity contribution in [1.82, 2.24) is 25.9 Å². The van der Waals surface area contributed by atoms with Crippen LogP contribution in [0.3, 0.4) is 0 Å². The van der Waals surface area contributed by atoms with E-state index in [-0.39, 0.29) is 18.3 Å². The van der Waals surface area contributed by atoms with Crippen LogP contribution in [0.5, 0.6) is 5.75 Å². The van der Waals surface area contributed by atoms with Crippen molar-refractivity contribution in [3.05, 3.63) is 34.6 Å². The van der Waals surface area contributed by atoms with Gasteiger partial charge in [0.15, 0.2) is 5.82 Å². The Bertz CT molecular complexity index is 552. The quantitative estimate of drug-likeness (QED) is 0.856. The van der Waals surface area contributed by atoms with Crippen LogP contribution in [-0.4, -0.2) is 27.2 Å². The molecule has 0 bridgehead atoms. The van der Waals surface area contributed by atoms with Crippen LogP contribution in [0.25, 0.3) is 0 Å². The van der Waals surface area contributed by atoms with E-state index in [1.807, 2.05) is 6.92 Å². The maximum absolute atomic E-state index is 12.3. The highest BCUT2D eigenvalue weighted by atomic mass is 35.5. The van der Waals surface area contributed by atoms with Gasteiger partial charge in [0, 0.05) is 17.1 Å². The Balaban J connectivity index is 2.06. The van der Waals surface area contributed by atoms with Crippen molar-refractivity contribution in [1.29, 1.82) is 0 Å². The third kappa shape index (κ3) is 3.84. The van der Waals surface area contributed by atoms with Gasteiger partial charge in [-0.25, -0.2) is 0 Å². The van der Waals surface area contributed by atoms with Gasteiger partial charge >= 0.3 is 6.61 Å². The Labute approximate surface area is 118 Å². The standard InChI is InChI=1S/C11H12ClF2N5O/c1-6(10-16-18-19-17-10)15-5-7-4-8(12)2-3-9(7)20-11(13)14/h2-4,6,11,15H,5H2,1H3,(H,16,17,18,19). The summed E-state index contributed by atoms with van der Waals surface area (Å²) in [7, 11) is 0. The molecule has 2 N–H and O–H groups in total. The van der Waals surface area contributed by atoms with E-state index in [1.165, 1.54) is 12.1 Å². The van der Waals surface area contributed by atoms with E-state index in [4.69, 9.17) is 11.6 Å². The number of aromatic amines is 1. The Morgan fingerprint density at radius 2 is 2.25 bits per heavy atom. The smallest absolute Gasteiger partial charge is 0.387 e. The van der Waals surface area contributed by atoms with Gasteiger partial charge in [0.2, 0.25) is 0 Å². The second-order valence-corrected chi connectivity index (χ2v) is 4.44. The van der Waals surface area contributed by atoms with Gasteiger partial charge in [-0.15, -0.1) is 10.2 Å². The summed E-state index contributed by atoms with van der Waals surface area (Å²) in [6.07, 6.45) is 0. The first-order valence-corrected chi connectivity index (χ1v) is 6.14. The molecule has 6 nitrogen and oxygen atoms in total. The van der Waals surface area contributed by atoms with Crippen molar-refractivity contribution in [3.8, 4) is 5.75 Å². The number of hydrogen-bond donors (Lipinski definition) is 2. The average molecular weight is 304 g/mol. The fourth-order valence-corrected chi connectivity index (χ4v) is 1.80. The second-order valence-electron chi connectivity index (χ2n) is 4.00. The first-order chi connectivity index (χ1) is 9.56. The second kappa shape index (κ2) is 6.58. The number of rotatable bonds is 6. The lowest BCUT2D eigenvalue weighted by molar-refractivity contribution is -0.0505. The minimum atomic E-state index is -2.88. The molecule has 9 heteroatoms. The van der Waals surface area contributed by atoms with Crippen LogP contribution >= 0.6 is 11.6 Å². The summed E-state index contributed by atoms with van der Waals surface area (Å²) < 4.78 is 29.1. The van der Waals surface area contributed by atoms with Crippen LogP contribution in [0.1, 0.15) is 24.4 Å². The van der Waals surface area contributed by atoms with Crippen LogP contribution in [0.15, 0.2) is 18.2 Å². The molecule has 2 rings (SSSR count). The number of aromatic nitrogens is 4. The predicted molar refractivity (Wildman–Crippen MR) is 67.5 cm³/mol. The molecule has 1 unspecified atom stereocenters. The predicted octanol–water partition coefficient (Wildman–Crippen LogP) is 2.31. The molecule has 108 valence electrons. The topological polar surface area (TPSA) is 75.7 Å². The molecule has 0 aliphatic carbocycles. The highest BCUT2D eigenvalue weighted by Crippen LogP contribution is 2.25. The first kappa shape index (κ1) is 14.6.